The van der Waals surface area contributed by atoms with E-state index in [0.717, 1.165) is 21.2 Å². The van der Waals surface area contributed by atoms with Gasteiger partial charge in [0.2, 0.25) is 11.8 Å². The van der Waals surface area contributed by atoms with E-state index in [1.807, 2.05) is 54.8 Å². The van der Waals surface area contributed by atoms with Crippen LogP contribution in [0.4, 0.5) is 11.4 Å². The molecule has 0 saturated heterocycles. The molecule has 0 aromatic heterocycles. The van der Waals surface area contributed by atoms with Crippen molar-refractivity contribution in [3.8, 4) is 0 Å². The van der Waals surface area contributed by atoms with Crippen LogP contribution in [0.2, 0.25) is 0 Å². The number of benzene rings is 2. The van der Waals surface area contributed by atoms with Crippen LogP contribution in [0.1, 0.15) is 6.42 Å². The Balaban J connectivity index is 1.65. The molecule has 1 aliphatic rings. The lowest BCUT2D eigenvalue weighted by atomic mass is 10.2. The minimum atomic E-state index is -0.409. The zero-order chi connectivity index (χ0) is 16.2. The molecule has 0 spiro atoms. The van der Waals surface area contributed by atoms with Crippen LogP contribution in [0.3, 0.4) is 0 Å². The van der Waals surface area contributed by atoms with Crippen molar-refractivity contribution in [2.75, 3.05) is 16.9 Å². The molecule has 6 heteroatoms. The molecule has 0 aliphatic carbocycles. The van der Waals surface area contributed by atoms with Gasteiger partial charge >= 0.3 is 0 Å². The van der Waals surface area contributed by atoms with Crippen LogP contribution >= 0.6 is 23.5 Å². The Morgan fingerprint density at radius 2 is 2.09 bits per heavy atom. The summed E-state index contributed by atoms with van der Waals surface area (Å²) in [5, 5.41) is 5.31. The molecule has 1 atom stereocenters. The van der Waals surface area contributed by atoms with E-state index in [1.54, 1.807) is 11.8 Å². The zero-order valence-electron chi connectivity index (χ0n) is 12.5. The van der Waals surface area contributed by atoms with Crippen molar-refractivity contribution >= 4 is 46.7 Å². The van der Waals surface area contributed by atoms with Crippen LogP contribution in [0.5, 0.6) is 0 Å². The van der Waals surface area contributed by atoms with Crippen molar-refractivity contribution in [1.29, 1.82) is 0 Å². The molecule has 1 heterocycles. The molecule has 0 radical (unpaired) electrons. The number of hydrogen-bond acceptors (Lipinski definition) is 4. The van der Waals surface area contributed by atoms with Gasteiger partial charge in [0.15, 0.2) is 0 Å². The van der Waals surface area contributed by atoms with Crippen molar-refractivity contribution in [1.82, 2.24) is 0 Å². The van der Waals surface area contributed by atoms with Crippen molar-refractivity contribution in [3.05, 3.63) is 48.5 Å². The first-order valence-electron chi connectivity index (χ1n) is 7.16. The van der Waals surface area contributed by atoms with Crippen LogP contribution < -0.4 is 10.6 Å². The van der Waals surface area contributed by atoms with Gasteiger partial charge in [0.05, 0.1) is 10.9 Å². The van der Waals surface area contributed by atoms with Gasteiger partial charge in [0.25, 0.3) is 0 Å². The molecular weight excluding hydrogens is 328 g/mol. The van der Waals surface area contributed by atoms with Crippen molar-refractivity contribution < 1.29 is 9.59 Å². The Morgan fingerprint density at radius 3 is 2.91 bits per heavy atom. The zero-order valence-corrected chi connectivity index (χ0v) is 14.2. The Morgan fingerprint density at radius 1 is 1.26 bits per heavy atom. The Kier molecular flexibility index (Phi) is 4.93. The first kappa shape index (κ1) is 16.0. The number of hydrogen-bond donors (Lipinski definition) is 2. The highest BCUT2D eigenvalue weighted by Gasteiger charge is 2.28. The van der Waals surface area contributed by atoms with Gasteiger partial charge in [-0.2, -0.15) is 0 Å². The van der Waals surface area contributed by atoms with Crippen LogP contribution in [0, 0.1) is 0 Å². The molecule has 1 aliphatic heterocycles. The number of thioether (sulfide) groups is 2. The summed E-state index contributed by atoms with van der Waals surface area (Å²) >= 11 is 3.05. The van der Waals surface area contributed by atoms with Gasteiger partial charge in [0.1, 0.15) is 0 Å². The Hall–Kier alpha value is -1.92. The first-order chi connectivity index (χ1) is 11.2. The van der Waals surface area contributed by atoms with Crippen molar-refractivity contribution in [3.63, 3.8) is 0 Å². The molecule has 1 unspecified atom stereocenters. The van der Waals surface area contributed by atoms with Crippen LogP contribution in [-0.4, -0.2) is 23.3 Å². The highest BCUT2D eigenvalue weighted by atomic mass is 32.2. The predicted octanol–water partition coefficient (Wildman–Crippen LogP) is 3.85. The SMILES string of the molecule is CSc1cccc(NC(=O)CC2Sc3ccccc3NC2=O)c1. The normalized spacial score (nSPS) is 16.4. The number of rotatable bonds is 4. The third-order valence-corrected chi connectivity index (χ3v) is 5.43. The van der Waals surface area contributed by atoms with Crippen LogP contribution in [-0.2, 0) is 9.59 Å². The average molecular weight is 344 g/mol. The number of anilines is 2. The predicted molar refractivity (Wildman–Crippen MR) is 96.2 cm³/mol. The van der Waals surface area contributed by atoms with Crippen molar-refractivity contribution in [2.24, 2.45) is 0 Å². The summed E-state index contributed by atoms with van der Waals surface area (Å²) in [5.74, 6) is -0.281. The van der Waals surface area contributed by atoms with Gasteiger partial charge in [0, 0.05) is 21.9 Å². The maximum Gasteiger partial charge on any atom is 0.238 e. The molecule has 23 heavy (non-hydrogen) atoms. The van der Waals surface area contributed by atoms with E-state index in [0.29, 0.717) is 0 Å². The van der Waals surface area contributed by atoms with Crippen LogP contribution in [0.25, 0.3) is 0 Å². The number of fused-ring (bicyclic) bond motifs is 1. The van der Waals surface area contributed by atoms with E-state index in [-0.39, 0.29) is 18.2 Å². The lowest BCUT2D eigenvalue weighted by Gasteiger charge is -2.23. The minimum absolute atomic E-state index is 0.123. The molecule has 0 bridgehead atoms. The molecule has 0 fully saturated rings. The fourth-order valence-corrected chi connectivity index (χ4v) is 3.88. The summed E-state index contributed by atoms with van der Waals surface area (Å²) in [4.78, 5) is 26.4. The van der Waals surface area contributed by atoms with Gasteiger partial charge in [-0.25, -0.2) is 0 Å². The Bertz CT molecular complexity index is 749. The van der Waals surface area contributed by atoms with E-state index >= 15 is 0 Å². The molecule has 0 saturated carbocycles. The standard InChI is InChI=1S/C17H16N2O2S2/c1-22-12-6-4-5-11(9-12)18-16(20)10-15-17(21)19-13-7-2-3-8-14(13)23-15/h2-9,15H,10H2,1H3,(H,18,20)(H,19,21). The van der Waals surface area contributed by atoms with E-state index < -0.39 is 5.25 Å². The largest absolute Gasteiger partial charge is 0.326 e. The first-order valence-corrected chi connectivity index (χ1v) is 9.26. The molecule has 3 rings (SSSR count). The molecular formula is C17H16N2O2S2. The monoisotopic (exact) mass is 344 g/mol. The number of para-hydroxylation sites is 1. The van der Waals surface area contributed by atoms with E-state index in [2.05, 4.69) is 10.6 Å². The average Bonchev–Trinajstić information content (AvgIpc) is 2.55. The van der Waals surface area contributed by atoms with E-state index in [1.165, 1.54) is 11.8 Å². The molecule has 2 aromatic carbocycles. The number of carbonyl (C=O) groups excluding carboxylic acids is 2. The second-order valence-corrected chi connectivity index (χ2v) is 7.20. The maximum atomic E-state index is 12.2. The molecule has 2 amide bonds. The lowest BCUT2D eigenvalue weighted by molar-refractivity contribution is -0.120. The summed E-state index contributed by atoms with van der Waals surface area (Å²) in [6, 6.07) is 15.3. The highest BCUT2D eigenvalue weighted by Crippen LogP contribution is 2.36. The van der Waals surface area contributed by atoms with Gasteiger partial charge in [-0.1, -0.05) is 18.2 Å². The van der Waals surface area contributed by atoms with Crippen LogP contribution in [0.15, 0.2) is 58.3 Å². The summed E-state index contributed by atoms with van der Waals surface area (Å²) in [6.45, 7) is 0. The molecule has 2 N–H and O–H groups in total. The maximum absolute atomic E-state index is 12.2. The third-order valence-electron chi connectivity index (χ3n) is 3.43. The topological polar surface area (TPSA) is 58.2 Å². The van der Waals surface area contributed by atoms with Gasteiger partial charge < -0.3 is 10.6 Å². The lowest BCUT2D eigenvalue weighted by Crippen LogP contribution is -2.32. The summed E-state index contributed by atoms with van der Waals surface area (Å²) < 4.78 is 0. The highest BCUT2D eigenvalue weighted by molar-refractivity contribution is 8.01. The number of nitrogens with one attached hydrogen (secondary N) is 2. The minimum Gasteiger partial charge on any atom is -0.326 e. The molecule has 118 valence electrons. The summed E-state index contributed by atoms with van der Waals surface area (Å²) in [5.41, 5.74) is 1.57. The fraction of sp³-hybridized carbons (Fsp3) is 0.176. The fourth-order valence-electron chi connectivity index (χ4n) is 2.31. The molecule has 2 aromatic rings. The van der Waals surface area contributed by atoms with E-state index in [9.17, 15) is 9.59 Å². The molecule has 4 nitrogen and oxygen atoms in total. The number of carbonyl (C=O) groups is 2. The number of amides is 2. The van der Waals surface area contributed by atoms with E-state index in [4.69, 9.17) is 0 Å². The van der Waals surface area contributed by atoms with Crippen molar-refractivity contribution in [2.45, 2.75) is 21.5 Å². The smallest absolute Gasteiger partial charge is 0.238 e. The quantitative estimate of drug-likeness (QED) is 0.827. The summed E-state index contributed by atoms with van der Waals surface area (Å²) in [6.07, 6.45) is 2.13. The Labute approximate surface area is 143 Å². The van der Waals surface area contributed by atoms with Gasteiger partial charge in [-0.15, -0.1) is 23.5 Å². The second kappa shape index (κ2) is 7.10. The van der Waals surface area contributed by atoms with Gasteiger partial charge in [-0.05, 0) is 36.6 Å². The van der Waals surface area contributed by atoms with Gasteiger partial charge in [-0.3, -0.25) is 9.59 Å². The summed E-state index contributed by atoms with van der Waals surface area (Å²) in [7, 11) is 0. The third kappa shape index (κ3) is 3.89. The second-order valence-electron chi connectivity index (χ2n) is 5.08.